The summed E-state index contributed by atoms with van der Waals surface area (Å²) >= 11 is 0. The van der Waals surface area contributed by atoms with Gasteiger partial charge in [-0.25, -0.2) is 4.98 Å². The number of rotatable bonds is 5. The Hall–Kier alpha value is -2.12. The minimum absolute atomic E-state index is 0.0195. The molecule has 1 heterocycles. The first-order valence-electron chi connectivity index (χ1n) is 6.58. The maximum Gasteiger partial charge on any atom is 0.433 e. The van der Waals surface area contributed by atoms with E-state index in [9.17, 15) is 22.8 Å². The lowest BCUT2D eigenvalue weighted by Crippen LogP contribution is -2.38. The molecule has 1 N–H and O–H groups in total. The standard InChI is InChI=1S/C14H17F3N2O3/c1-8(2)6-19(7-12(20)21)13(22)10-4-5-11(14(15,16)17)18-9(10)3/h4-5,8H,6-7H2,1-3H3,(H,20,21). The molecule has 0 fully saturated rings. The fourth-order valence-corrected chi connectivity index (χ4v) is 1.94. The maximum atomic E-state index is 12.6. The topological polar surface area (TPSA) is 70.5 Å². The highest BCUT2D eigenvalue weighted by atomic mass is 19.4. The molecular formula is C14H17F3N2O3. The van der Waals surface area contributed by atoms with Crippen LogP contribution in [0, 0.1) is 12.8 Å². The molecule has 0 unspecified atom stereocenters. The first kappa shape index (κ1) is 17.9. The van der Waals surface area contributed by atoms with Crippen LogP contribution in [-0.4, -0.2) is 40.0 Å². The number of amides is 1. The zero-order valence-electron chi connectivity index (χ0n) is 12.4. The van der Waals surface area contributed by atoms with Gasteiger partial charge in [0.25, 0.3) is 5.91 Å². The second-order valence-corrected chi connectivity index (χ2v) is 5.30. The van der Waals surface area contributed by atoms with Crippen molar-refractivity contribution in [3.8, 4) is 0 Å². The van der Waals surface area contributed by atoms with Gasteiger partial charge in [0.15, 0.2) is 0 Å². The van der Waals surface area contributed by atoms with Gasteiger partial charge in [0.05, 0.1) is 11.3 Å². The summed E-state index contributed by atoms with van der Waals surface area (Å²) in [7, 11) is 0. The van der Waals surface area contributed by atoms with Crippen LogP contribution in [0.4, 0.5) is 13.2 Å². The molecule has 22 heavy (non-hydrogen) atoms. The predicted octanol–water partition coefficient (Wildman–Crippen LogP) is 2.59. The first-order chi connectivity index (χ1) is 10.0. The Labute approximate surface area is 125 Å². The second-order valence-electron chi connectivity index (χ2n) is 5.30. The van der Waals surface area contributed by atoms with Crippen molar-refractivity contribution in [1.82, 2.24) is 9.88 Å². The van der Waals surface area contributed by atoms with Gasteiger partial charge < -0.3 is 10.0 Å². The number of aromatic nitrogens is 1. The van der Waals surface area contributed by atoms with Crippen LogP contribution in [-0.2, 0) is 11.0 Å². The van der Waals surface area contributed by atoms with E-state index in [1.165, 1.54) is 6.92 Å². The smallest absolute Gasteiger partial charge is 0.433 e. The van der Waals surface area contributed by atoms with Crippen LogP contribution in [0.2, 0.25) is 0 Å². The summed E-state index contributed by atoms with van der Waals surface area (Å²) in [6.07, 6.45) is -4.59. The van der Waals surface area contributed by atoms with E-state index in [0.717, 1.165) is 11.0 Å². The molecule has 0 aromatic carbocycles. The van der Waals surface area contributed by atoms with Gasteiger partial charge in [0.1, 0.15) is 12.2 Å². The first-order valence-corrected chi connectivity index (χ1v) is 6.58. The van der Waals surface area contributed by atoms with Gasteiger partial charge in [-0.15, -0.1) is 0 Å². The number of alkyl halides is 3. The number of carboxylic acid groups (broad SMARTS) is 1. The number of carboxylic acids is 1. The van der Waals surface area contributed by atoms with Crippen LogP contribution in [0.3, 0.4) is 0 Å². The molecular weight excluding hydrogens is 301 g/mol. The number of halogens is 3. The normalized spacial score (nSPS) is 11.6. The van der Waals surface area contributed by atoms with Crippen LogP contribution in [0.25, 0.3) is 0 Å². The van der Waals surface area contributed by atoms with E-state index >= 15 is 0 Å². The molecule has 8 heteroatoms. The van der Waals surface area contributed by atoms with Crippen LogP contribution >= 0.6 is 0 Å². The molecule has 0 aliphatic carbocycles. The highest BCUT2D eigenvalue weighted by Crippen LogP contribution is 2.28. The second kappa shape index (κ2) is 6.76. The average Bonchev–Trinajstić information content (AvgIpc) is 2.34. The Bertz CT molecular complexity index is 571. The van der Waals surface area contributed by atoms with E-state index in [4.69, 9.17) is 5.11 Å². The molecule has 1 rings (SSSR count). The summed E-state index contributed by atoms with van der Waals surface area (Å²) in [6, 6.07) is 1.75. The third-order valence-corrected chi connectivity index (χ3v) is 2.81. The molecule has 0 saturated heterocycles. The highest BCUT2D eigenvalue weighted by Gasteiger charge is 2.33. The maximum absolute atomic E-state index is 12.6. The van der Waals surface area contributed by atoms with Gasteiger partial charge in [0, 0.05) is 6.54 Å². The molecule has 0 aliphatic rings. The summed E-state index contributed by atoms with van der Waals surface area (Å²) in [4.78, 5) is 27.7. The van der Waals surface area contributed by atoms with Gasteiger partial charge >= 0.3 is 12.1 Å². The summed E-state index contributed by atoms with van der Waals surface area (Å²) < 4.78 is 37.7. The molecule has 0 spiro atoms. The van der Waals surface area contributed by atoms with Crippen molar-refractivity contribution in [1.29, 1.82) is 0 Å². The van der Waals surface area contributed by atoms with Gasteiger partial charge in [-0.05, 0) is 25.0 Å². The molecule has 1 amide bonds. The van der Waals surface area contributed by atoms with Gasteiger partial charge in [0.2, 0.25) is 0 Å². The summed E-state index contributed by atoms with van der Waals surface area (Å²) in [5.74, 6) is -1.81. The SMILES string of the molecule is Cc1nc(C(F)(F)F)ccc1C(=O)N(CC(=O)O)CC(C)C. The van der Waals surface area contributed by atoms with E-state index in [0.29, 0.717) is 6.07 Å². The Kier molecular flexibility index (Phi) is 5.51. The quantitative estimate of drug-likeness (QED) is 0.906. The van der Waals surface area contributed by atoms with Crippen molar-refractivity contribution >= 4 is 11.9 Å². The van der Waals surface area contributed by atoms with Crippen molar-refractivity contribution in [3.05, 3.63) is 29.1 Å². The number of aliphatic carboxylic acids is 1. The Morgan fingerprint density at radius 3 is 2.32 bits per heavy atom. The monoisotopic (exact) mass is 318 g/mol. The number of carbonyl (C=O) groups excluding carboxylic acids is 1. The lowest BCUT2D eigenvalue weighted by atomic mass is 10.1. The molecule has 0 atom stereocenters. The highest BCUT2D eigenvalue weighted by molar-refractivity contribution is 5.96. The minimum Gasteiger partial charge on any atom is -0.480 e. The fraction of sp³-hybridized carbons (Fsp3) is 0.500. The number of hydrogen-bond donors (Lipinski definition) is 1. The molecule has 122 valence electrons. The molecule has 1 aromatic heterocycles. The summed E-state index contributed by atoms with van der Waals surface area (Å²) in [6.45, 7) is 4.57. The van der Waals surface area contributed by atoms with Crippen LogP contribution in [0.5, 0.6) is 0 Å². The van der Waals surface area contributed by atoms with Gasteiger partial charge in [-0.1, -0.05) is 13.8 Å². The molecule has 0 radical (unpaired) electrons. The average molecular weight is 318 g/mol. The largest absolute Gasteiger partial charge is 0.480 e. The van der Waals surface area contributed by atoms with E-state index in [-0.39, 0.29) is 23.7 Å². The Morgan fingerprint density at radius 2 is 1.91 bits per heavy atom. The Morgan fingerprint density at radius 1 is 1.32 bits per heavy atom. The van der Waals surface area contributed by atoms with Gasteiger partial charge in [-0.3, -0.25) is 9.59 Å². The van der Waals surface area contributed by atoms with Gasteiger partial charge in [-0.2, -0.15) is 13.2 Å². The van der Waals surface area contributed by atoms with E-state index < -0.39 is 30.3 Å². The van der Waals surface area contributed by atoms with Crippen molar-refractivity contribution in [2.75, 3.05) is 13.1 Å². The number of nitrogens with zero attached hydrogens (tertiary/aromatic N) is 2. The third-order valence-electron chi connectivity index (χ3n) is 2.81. The van der Waals surface area contributed by atoms with Crippen LogP contribution < -0.4 is 0 Å². The van der Waals surface area contributed by atoms with Crippen molar-refractivity contribution in [3.63, 3.8) is 0 Å². The van der Waals surface area contributed by atoms with E-state index in [2.05, 4.69) is 4.98 Å². The third kappa shape index (κ3) is 4.71. The van der Waals surface area contributed by atoms with Crippen LogP contribution in [0.15, 0.2) is 12.1 Å². The molecule has 0 saturated carbocycles. The lowest BCUT2D eigenvalue weighted by Gasteiger charge is -2.23. The van der Waals surface area contributed by atoms with Crippen molar-refractivity contribution in [2.45, 2.75) is 26.9 Å². The lowest BCUT2D eigenvalue weighted by molar-refractivity contribution is -0.141. The predicted molar refractivity (Wildman–Crippen MR) is 72.4 cm³/mol. The van der Waals surface area contributed by atoms with Crippen molar-refractivity contribution in [2.24, 2.45) is 5.92 Å². The van der Waals surface area contributed by atoms with Crippen LogP contribution in [0.1, 0.15) is 35.6 Å². The summed E-state index contributed by atoms with van der Waals surface area (Å²) in [5, 5.41) is 8.85. The summed E-state index contributed by atoms with van der Waals surface area (Å²) in [5.41, 5.74) is -1.20. The fourth-order valence-electron chi connectivity index (χ4n) is 1.94. The molecule has 1 aromatic rings. The zero-order valence-corrected chi connectivity index (χ0v) is 12.4. The number of hydrogen-bond acceptors (Lipinski definition) is 3. The number of pyridine rings is 1. The molecule has 5 nitrogen and oxygen atoms in total. The number of aryl methyl sites for hydroxylation is 1. The minimum atomic E-state index is -4.59. The zero-order chi connectivity index (χ0) is 17.1. The van der Waals surface area contributed by atoms with Crippen molar-refractivity contribution < 1.29 is 27.9 Å². The van der Waals surface area contributed by atoms with E-state index in [1.807, 2.05) is 0 Å². The Balaban J connectivity index is 3.11. The van der Waals surface area contributed by atoms with E-state index in [1.54, 1.807) is 13.8 Å². The molecule has 0 bridgehead atoms. The number of carbonyl (C=O) groups is 2. The molecule has 0 aliphatic heterocycles.